The van der Waals surface area contributed by atoms with Gasteiger partial charge in [0.2, 0.25) is 0 Å². The Labute approximate surface area is 43.3 Å². The van der Waals surface area contributed by atoms with Crippen molar-refractivity contribution in [3.05, 3.63) is 25.3 Å². The third kappa shape index (κ3) is 2.97. The summed E-state index contributed by atoms with van der Waals surface area (Å²) in [7, 11) is 0. The molecular formula is C6H8O. The summed E-state index contributed by atoms with van der Waals surface area (Å²) >= 11 is 0. The average Bonchev–Trinajstić information content (AvgIpc) is 1.68. The van der Waals surface area contributed by atoms with Crippen molar-refractivity contribution < 1.29 is 4.79 Å². The van der Waals surface area contributed by atoms with Crippen molar-refractivity contribution in [2.24, 2.45) is 0 Å². The van der Waals surface area contributed by atoms with Gasteiger partial charge < -0.3 is 0 Å². The minimum atomic E-state index is 0.0231. The Morgan fingerprint density at radius 2 is 2.14 bits per heavy atom. The van der Waals surface area contributed by atoms with Crippen LogP contribution in [0.3, 0.4) is 0 Å². The van der Waals surface area contributed by atoms with E-state index in [0.29, 0.717) is 6.42 Å². The van der Waals surface area contributed by atoms with Crippen molar-refractivity contribution in [2.75, 3.05) is 0 Å². The SMILES string of the molecule is C=CCC(=O)C=C. The lowest BCUT2D eigenvalue weighted by atomic mass is 10.3. The highest BCUT2D eigenvalue weighted by atomic mass is 16.1. The topological polar surface area (TPSA) is 17.1 Å². The number of rotatable bonds is 3. The van der Waals surface area contributed by atoms with Crippen LogP contribution < -0.4 is 0 Å². The molecule has 1 nitrogen and oxygen atoms in total. The van der Waals surface area contributed by atoms with Gasteiger partial charge in [0, 0.05) is 6.42 Å². The van der Waals surface area contributed by atoms with Crippen LogP contribution in [0.2, 0.25) is 0 Å². The molecule has 0 unspecified atom stereocenters. The van der Waals surface area contributed by atoms with Gasteiger partial charge in [-0.05, 0) is 6.08 Å². The lowest BCUT2D eigenvalue weighted by Crippen LogP contribution is -1.85. The molecule has 0 rings (SSSR count). The van der Waals surface area contributed by atoms with E-state index < -0.39 is 0 Å². The largest absolute Gasteiger partial charge is 0.295 e. The zero-order valence-corrected chi connectivity index (χ0v) is 4.18. The van der Waals surface area contributed by atoms with E-state index in [1.54, 1.807) is 6.08 Å². The predicted octanol–water partition coefficient (Wildman–Crippen LogP) is 1.32. The Morgan fingerprint density at radius 3 is 2.29 bits per heavy atom. The summed E-state index contributed by atoms with van der Waals surface area (Å²) in [5, 5.41) is 0. The molecule has 38 valence electrons. The molecule has 7 heavy (non-hydrogen) atoms. The van der Waals surface area contributed by atoms with Gasteiger partial charge in [-0.15, -0.1) is 6.58 Å². The van der Waals surface area contributed by atoms with Crippen LogP contribution in [0, 0.1) is 0 Å². The first-order valence-electron chi connectivity index (χ1n) is 2.07. The fourth-order valence-electron chi connectivity index (χ4n) is 0.226. The van der Waals surface area contributed by atoms with E-state index >= 15 is 0 Å². The molecule has 0 bridgehead atoms. The molecule has 0 aliphatic rings. The molecule has 0 amide bonds. The van der Waals surface area contributed by atoms with E-state index in [2.05, 4.69) is 13.2 Å². The molecule has 0 heterocycles. The van der Waals surface area contributed by atoms with Crippen LogP contribution in [0.5, 0.6) is 0 Å². The maximum Gasteiger partial charge on any atom is 0.158 e. The molecule has 0 radical (unpaired) electrons. The van der Waals surface area contributed by atoms with Crippen molar-refractivity contribution in [3.63, 3.8) is 0 Å². The molecule has 0 aliphatic heterocycles. The Balaban J connectivity index is 3.36. The molecule has 0 aromatic heterocycles. The van der Waals surface area contributed by atoms with Gasteiger partial charge in [0.05, 0.1) is 0 Å². The summed E-state index contributed by atoms with van der Waals surface area (Å²) in [6.45, 7) is 6.66. The fourth-order valence-corrected chi connectivity index (χ4v) is 0.226. The van der Waals surface area contributed by atoms with Crippen LogP contribution in [0.15, 0.2) is 25.3 Å². The Morgan fingerprint density at radius 1 is 1.57 bits per heavy atom. The third-order valence-corrected chi connectivity index (χ3v) is 0.573. The van der Waals surface area contributed by atoms with Crippen LogP contribution in [-0.2, 0) is 4.79 Å². The molecule has 0 saturated carbocycles. The molecule has 1 heteroatoms. The lowest BCUT2D eigenvalue weighted by molar-refractivity contribution is -0.113. The van der Waals surface area contributed by atoms with E-state index in [1.807, 2.05) is 0 Å². The fraction of sp³-hybridized carbons (Fsp3) is 0.167. The lowest BCUT2D eigenvalue weighted by Gasteiger charge is -1.78. The Bertz CT molecular complexity index is 92.4. The summed E-state index contributed by atoms with van der Waals surface area (Å²) in [5.74, 6) is 0.0231. The van der Waals surface area contributed by atoms with Gasteiger partial charge in [0.15, 0.2) is 5.78 Å². The van der Waals surface area contributed by atoms with Gasteiger partial charge in [0.25, 0.3) is 0 Å². The van der Waals surface area contributed by atoms with Crippen LogP contribution >= 0.6 is 0 Å². The zero-order valence-electron chi connectivity index (χ0n) is 4.18. The summed E-state index contributed by atoms with van der Waals surface area (Å²) in [5.41, 5.74) is 0. The predicted molar refractivity (Wildman–Crippen MR) is 30.0 cm³/mol. The van der Waals surface area contributed by atoms with E-state index in [4.69, 9.17) is 0 Å². The van der Waals surface area contributed by atoms with Gasteiger partial charge in [-0.1, -0.05) is 12.7 Å². The van der Waals surface area contributed by atoms with Crippen molar-refractivity contribution >= 4 is 5.78 Å². The monoisotopic (exact) mass is 96.1 g/mol. The average molecular weight is 96.1 g/mol. The number of hydrogen-bond donors (Lipinski definition) is 0. The molecule has 0 aromatic rings. The van der Waals surface area contributed by atoms with Gasteiger partial charge in [-0.2, -0.15) is 0 Å². The number of allylic oxidation sites excluding steroid dienone is 2. The summed E-state index contributed by atoms with van der Waals surface area (Å²) in [6.07, 6.45) is 3.26. The second-order valence-electron chi connectivity index (χ2n) is 1.16. The second-order valence-corrected chi connectivity index (χ2v) is 1.16. The van der Waals surface area contributed by atoms with Crippen molar-refractivity contribution in [3.8, 4) is 0 Å². The van der Waals surface area contributed by atoms with Gasteiger partial charge >= 0.3 is 0 Å². The number of hydrogen-bond acceptors (Lipinski definition) is 1. The van der Waals surface area contributed by atoms with Crippen LogP contribution in [0.4, 0.5) is 0 Å². The van der Waals surface area contributed by atoms with Crippen LogP contribution in [0.1, 0.15) is 6.42 Å². The first-order chi connectivity index (χ1) is 3.31. The standard InChI is InChI=1S/C6H8O/c1-3-5-6(7)4-2/h3-4H,1-2,5H2. The number of ketones is 1. The summed E-state index contributed by atoms with van der Waals surface area (Å²) in [6, 6.07) is 0. The highest BCUT2D eigenvalue weighted by Crippen LogP contribution is 1.81. The van der Waals surface area contributed by atoms with Crippen molar-refractivity contribution in [2.45, 2.75) is 6.42 Å². The van der Waals surface area contributed by atoms with Crippen LogP contribution in [0.25, 0.3) is 0 Å². The minimum absolute atomic E-state index is 0.0231. The van der Waals surface area contributed by atoms with E-state index in [9.17, 15) is 4.79 Å². The molecule has 0 fully saturated rings. The van der Waals surface area contributed by atoms with Crippen LogP contribution in [-0.4, -0.2) is 5.78 Å². The van der Waals surface area contributed by atoms with E-state index in [0.717, 1.165) is 0 Å². The van der Waals surface area contributed by atoms with Gasteiger partial charge in [0.1, 0.15) is 0 Å². The molecule has 0 aliphatic carbocycles. The summed E-state index contributed by atoms with van der Waals surface area (Å²) < 4.78 is 0. The molecular weight excluding hydrogens is 88.1 g/mol. The highest BCUT2D eigenvalue weighted by molar-refractivity contribution is 5.89. The van der Waals surface area contributed by atoms with Crippen molar-refractivity contribution in [1.29, 1.82) is 0 Å². The molecule has 0 spiro atoms. The highest BCUT2D eigenvalue weighted by Gasteiger charge is 1.84. The molecule has 0 aromatic carbocycles. The summed E-state index contributed by atoms with van der Waals surface area (Å²) in [4.78, 5) is 10.2. The van der Waals surface area contributed by atoms with E-state index in [-0.39, 0.29) is 5.78 Å². The smallest absolute Gasteiger partial charge is 0.158 e. The minimum Gasteiger partial charge on any atom is -0.295 e. The Kier molecular flexibility index (Phi) is 2.94. The van der Waals surface area contributed by atoms with Gasteiger partial charge in [-0.25, -0.2) is 0 Å². The maximum absolute atomic E-state index is 10.2. The third-order valence-electron chi connectivity index (χ3n) is 0.573. The first kappa shape index (κ1) is 6.15. The maximum atomic E-state index is 10.2. The zero-order chi connectivity index (χ0) is 5.70. The normalized spacial score (nSPS) is 7.43. The first-order valence-corrected chi connectivity index (χ1v) is 2.07. The quantitative estimate of drug-likeness (QED) is 0.382. The molecule has 0 N–H and O–H groups in total. The number of carbonyl (C=O) groups is 1. The van der Waals surface area contributed by atoms with Gasteiger partial charge in [-0.3, -0.25) is 4.79 Å². The van der Waals surface area contributed by atoms with E-state index in [1.165, 1.54) is 6.08 Å². The Hall–Kier alpha value is -0.850. The molecule has 0 atom stereocenters. The van der Waals surface area contributed by atoms with Crippen molar-refractivity contribution in [1.82, 2.24) is 0 Å². The molecule has 0 saturated heterocycles. The number of carbonyl (C=O) groups excluding carboxylic acids is 1. The second kappa shape index (κ2) is 3.34.